The van der Waals surface area contributed by atoms with Crippen LogP contribution < -0.4 is 5.32 Å². The van der Waals surface area contributed by atoms with Gasteiger partial charge >= 0.3 is 0 Å². The van der Waals surface area contributed by atoms with Crippen LogP contribution in [0.1, 0.15) is 24.4 Å². The van der Waals surface area contributed by atoms with Crippen molar-refractivity contribution >= 4 is 5.91 Å². The number of carbonyl (C=O) groups is 1. The number of hydrogen-bond donors (Lipinski definition) is 1. The highest BCUT2D eigenvalue weighted by Gasteiger charge is 2.17. The first kappa shape index (κ1) is 13.1. The van der Waals surface area contributed by atoms with E-state index in [4.69, 9.17) is 0 Å². The second-order valence-electron chi connectivity index (χ2n) is 3.96. The molecule has 0 saturated carbocycles. The Morgan fingerprint density at radius 3 is 2.68 bits per heavy atom. The summed E-state index contributed by atoms with van der Waals surface area (Å²) in [5.74, 6) is -1.73. The monoisotopic (exact) mass is 267 g/mol. The highest BCUT2D eigenvalue weighted by Crippen LogP contribution is 2.13. The summed E-state index contributed by atoms with van der Waals surface area (Å²) in [6.07, 6.45) is 0.745. The lowest BCUT2D eigenvalue weighted by atomic mass is 10.1. The molecule has 1 atom stereocenters. The summed E-state index contributed by atoms with van der Waals surface area (Å²) in [5.41, 5.74) is -0.264. The first-order valence-corrected chi connectivity index (χ1v) is 5.56. The largest absolute Gasteiger partial charge is 0.346 e. The van der Waals surface area contributed by atoms with Gasteiger partial charge in [-0.2, -0.15) is 4.98 Å². The summed E-state index contributed by atoms with van der Waals surface area (Å²) in [4.78, 5) is 15.5. The molecule has 1 aromatic carbocycles. The Morgan fingerprint density at radius 2 is 2.11 bits per heavy atom. The summed E-state index contributed by atoms with van der Waals surface area (Å²) in [6.45, 7) is 1.64. The van der Waals surface area contributed by atoms with Crippen LogP contribution in [0.3, 0.4) is 0 Å². The van der Waals surface area contributed by atoms with Crippen molar-refractivity contribution in [3.05, 3.63) is 47.6 Å². The van der Waals surface area contributed by atoms with Crippen molar-refractivity contribution in [2.75, 3.05) is 0 Å². The molecule has 0 aliphatic heterocycles. The molecule has 0 radical (unpaired) electrons. The standard InChI is InChI=1S/C12H11F2N3O2/c1-7(12-15-6-19-17-12)16-11(18)5-8-9(13)3-2-4-10(8)14/h2-4,6-7H,5H2,1H3,(H,16,18)/t7-/m1/s1. The summed E-state index contributed by atoms with van der Waals surface area (Å²) in [6, 6.07) is 2.96. The van der Waals surface area contributed by atoms with Crippen molar-refractivity contribution in [1.29, 1.82) is 0 Å². The second-order valence-corrected chi connectivity index (χ2v) is 3.96. The van der Waals surface area contributed by atoms with Crippen LogP contribution in [0.25, 0.3) is 0 Å². The minimum Gasteiger partial charge on any atom is -0.346 e. The van der Waals surface area contributed by atoms with Gasteiger partial charge in [0.2, 0.25) is 12.3 Å². The molecule has 0 spiro atoms. The van der Waals surface area contributed by atoms with Crippen LogP contribution in [0.5, 0.6) is 0 Å². The number of nitrogens with zero attached hydrogens (tertiary/aromatic N) is 2. The van der Waals surface area contributed by atoms with Gasteiger partial charge in [0.25, 0.3) is 0 Å². The summed E-state index contributed by atoms with van der Waals surface area (Å²) >= 11 is 0. The van der Waals surface area contributed by atoms with E-state index in [-0.39, 0.29) is 12.0 Å². The molecule has 100 valence electrons. The van der Waals surface area contributed by atoms with Crippen molar-refractivity contribution in [3.8, 4) is 0 Å². The third-order valence-electron chi connectivity index (χ3n) is 2.54. The number of benzene rings is 1. The fourth-order valence-corrected chi connectivity index (χ4v) is 1.59. The molecule has 2 rings (SSSR count). The van der Waals surface area contributed by atoms with E-state index in [0.29, 0.717) is 5.82 Å². The number of carbonyl (C=O) groups excluding carboxylic acids is 1. The quantitative estimate of drug-likeness (QED) is 0.916. The first-order valence-electron chi connectivity index (χ1n) is 5.56. The molecule has 0 saturated heterocycles. The number of nitrogens with one attached hydrogen (secondary N) is 1. The fourth-order valence-electron chi connectivity index (χ4n) is 1.59. The molecule has 1 aromatic heterocycles. The summed E-state index contributed by atoms with van der Waals surface area (Å²) in [7, 11) is 0. The Kier molecular flexibility index (Phi) is 3.84. The lowest BCUT2D eigenvalue weighted by Gasteiger charge is -2.10. The van der Waals surface area contributed by atoms with E-state index in [2.05, 4.69) is 20.0 Å². The molecule has 7 heteroatoms. The zero-order valence-electron chi connectivity index (χ0n) is 10.1. The number of halogens is 2. The highest BCUT2D eigenvalue weighted by molar-refractivity contribution is 5.79. The third kappa shape index (κ3) is 3.12. The van der Waals surface area contributed by atoms with Crippen LogP contribution in [0.15, 0.2) is 29.1 Å². The van der Waals surface area contributed by atoms with Crippen molar-refractivity contribution in [3.63, 3.8) is 0 Å². The Balaban J connectivity index is 2.02. The van der Waals surface area contributed by atoms with Crippen molar-refractivity contribution in [2.45, 2.75) is 19.4 Å². The molecular weight excluding hydrogens is 256 g/mol. The van der Waals surface area contributed by atoms with Gasteiger partial charge in [-0.05, 0) is 19.1 Å². The summed E-state index contributed by atoms with van der Waals surface area (Å²) in [5, 5.41) is 6.09. The molecule has 2 aromatic rings. The zero-order chi connectivity index (χ0) is 13.8. The minimum atomic E-state index is -0.748. The molecule has 0 aliphatic carbocycles. The van der Waals surface area contributed by atoms with Gasteiger partial charge in [0.1, 0.15) is 11.6 Å². The number of amides is 1. The van der Waals surface area contributed by atoms with Gasteiger partial charge < -0.3 is 9.84 Å². The molecule has 19 heavy (non-hydrogen) atoms. The molecule has 1 N–H and O–H groups in total. The zero-order valence-corrected chi connectivity index (χ0v) is 10.1. The van der Waals surface area contributed by atoms with Gasteiger partial charge in [-0.15, -0.1) is 0 Å². The van der Waals surface area contributed by atoms with Crippen molar-refractivity contribution in [2.24, 2.45) is 0 Å². The van der Waals surface area contributed by atoms with E-state index >= 15 is 0 Å². The lowest BCUT2D eigenvalue weighted by molar-refractivity contribution is -0.121. The van der Waals surface area contributed by atoms with Gasteiger partial charge in [0, 0.05) is 5.56 Å². The number of rotatable bonds is 4. The van der Waals surface area contributed by atoms with Gasteiger partial charge in [0.05, 0.1) is 12.5 Å². The van der Waals surface area contributed by atoms with Crippen molar-refractivity contribution < 1.29 is 18.1 Å². The molecule has 1 heterocycles. The molecular formula is C12H11F2N3O2. The predicted molar refractivity (Wildman–Crippen MR) is 60.9 cm³/mol. The molecule has 0 bridgehead atoms. The molecule has 0 unspecified atom stereocenters. The molecule has 0 fully saturated rings. The van der Waals surface area contributed by atoms with Gasteiger partial charge in [-0.3, -0.25) is 4.79 Å². The van der Waals surface area contributed by atoms with Crippen LogP contribution in [-0.4, -0.2) is 16.0 Å². The Hall–Kier alpha value is -2.31. The van der Waals surface area contributed by atoms with Crippen LogP contribution in [0.2, 0.25) is 0 Å². The summed E-state index contributed by atoms with van der Waals surface area (Å²) < 4.78 is 31.3. The third-order valence-corrected chi connectivity index (χ3v) is 2.54. The van der Waals surface area contributed by atoms with Crippen molar-refractivity contribution in [1.82, 2.24) is 15.5 Å². The predicted octanol–water partition coefficient (Wildman–Crippen LogP) is 1.77. The molecule has 5 nitrogen and oxygen atoms in total. The average Bonchev–Trinajstić information content (AvgIpc) is 2.88. The molecule has 1 amide bonds. The number of hydrogen-bond acceptors (Lipinski definition) is 4. The van der Waals surface area contributed by atoms with Crippen LogP contribution in [0.4, 0.5) is 8.78 Å². The maximum absolute atomic E-state index is 13.4. The fraction of sp³-hybridized carbons (Fsp3) is 0.250. The van der Waals surface area contributed by atoms with Crippen LogP contribution >= 0.6 is 0 Å². The highest BCUT2D eigenvalue weighted by atomic mass is 19.1. The van der Waals surface area contributed by atoms with E-state index in [1.807, 2.05) is 0 Å². The Labute approximate surface area is 107 Å². The smallest absolute Gasteiger partial charge is 0.225 e. The van der Waals surface area contributed by atoms with Gasteiger partial charge in [-0.25, -0.2) is 8.78 Å². The van der Waals surface area contributed by atoms with E-state index in [1.165, 1.54) is 6.07 Å². The van der Waals surface area contributed by atoms with E-state index in [1.54, 1.807) is 6.92 Å². The normalized spacial score (nSPS) is 12.2. The van der Waals surface area contributed by atoms with E-state index in [9.17, 15) is 13.6 Å². The molecule has 0 aliphatic rings. The Morgan fingerprint density at radius 1 is 1.42 bits per heavy atom. The van der Waals surface area contributed by atoms with E-state index < -0.39 is 23.6 Å². The second kappa shape index (κ2) is 5.55. The minimum absolute atomic E-state index is 0.264. The maximum Gasteiger partial charge on any atom is 0.225 e. The number of aromatic nitrogens is 2. The van der Waals surface area contributed by atoms with Gasteiger partial charge in [0.15, 0.2) is 5.82 Å². The van der Waals surface area contributed by atoms with E-state index in [0.717, 1.165) is 18.5 Å². The van der Waals surface area contributed by atoms with Gasteiger partial charge in [-0.1, -0.05) is 11.2 Å². The first-order chi connectivity index (χ1) is 9.08. The maximum atomic E-state index is 13.4. The topological polar surface area (TPSA) is 68.0 Å². The van der Waals surface area contributed by atoms with Crippen LogP contribution in [-0.2, 0) is 11.2 Å². The Bertz CT molecular complexity index is 552. The van der Waals surface area contributed by atoms with Crippen LogP contribution in [0, 0.1) is 11.6 Å². The average molecular weight is 267 g/mol. The lowest BCUT2D eigenvalue weighted by Crippen LogP contribution is -2.29. The SMILES string of the molecule is C[C@@H](NC(=O)Cc1c(F)cccc1F)c1ncon1.